The van der Waals surface area contributed by atoms with E-state index in [1.165, 1.54) is 4.90 Å². The van der Waals surface area contributed by atoms with Gasteiger partial charge in [-0.2, -0.15) is 26.3 Å². The summed E-state index contributed by atoms with van der Waals surface area (Å²) in [5, 5.41) is 2.02. The van der Waals surface area contributed by atoms with Crippen molar-refractivity contribution in [2.75, 3.05) is 52.5 Å². The van der Waals surface area contributed by atoms with E-state index in [2.05, 4.69) is 35.5 Å². The predicted octanol–water partition coefficient (Wildman–Crippen LogP) is 7.20. The van der Waals surface area contributed by atoms with Gasteiger partial charge in [0.25, 0.3) is 5.91 Å². The van der Waals surface area contributed by atoms with Crippen molar-refractivity contribution in [2.45, 2.75) is 44.2 Å². The molecule has 2 saturated heterocycles. The first-order valence-corrected chi connectivity index (χ1v) is 14.8. The van der Waals surface area contributed by atoms with Crippen LogP contribution in [0.1, 0.15) is 40.9 Å². The highest BCUT2D eigenvalue weighted by Gasteiger charge is 2.39. The molecule has 5 nitrogen and oxygen atoms in total. The Hall–Kier alpha value is -3.01. The molecule has 0 saturated carbocycles. The SMILES string of the molecule is CC1(C)COCCN1CC#CCN1CCN(C(=O)c2cc(C(F)(F)F)cc(C(F)(F)F)c2)[C@H](Cc2ccc3ccccc3c2)C1.Cl.Cl. The molecule has 0 radical (unpaired) electrons. The molecule has 2 fully saturated rings. The molecular weight excluding hydrogens is 667 g/mol. The fourth-order valence-corrected chi connectivity index (χ4v) is 5.89. The smallest absolute Gasteiger partial charge is 0.378 e. The maximum Gasteiger partial charge on any atom is 0.416 e. The fraction of sp³-hybridized carbons (Fsp3) is 0.441. The molecule has 3 aromatic rings. The lowest BCUT2D eigenvalue weighted by Crippen LogP contribution is -2.56. The quantitative estimate of drug-likeness (QED) is 0.208. The second-order valence-corrected chi connectivity index (χ2v) is 12.2. The van der Waals surface area contributed by atoms with Crippen LogP contribution in [0.15, 0.2) is 60.7 Å². The highest BCUT2D eigenvalue weighted by Crippen LogP contribution is 2.37. The summed E-state index contributed by atoms with van der Waals surface area (Å²) in [6.45, 7) is 8.12. The predicted molar refractivity (Wildman–Crippen MR) is 174 cm³/mol. The zero-order chi connectivity index (χ0) is 32.4. The van der Waals surface area contributed by atoms with Crippen LogP contribution in [0, 0.1) is 11.8 Å². The van der Waals surface area contributed by atoms with Gasteiger partial charge in [-0.1, -0.05) is 54.3 Å². The first-order valence-electron chi connectivity index (χ1n) is 14.8. The van der Waals surface area contributed by atoms with E-state index >= 15 is 0 Å². The van der Waals surface area contributed by atoms with Crippen molar-refractivity contribution < 1.29 is 35.9 Å². The van der Waals surface area contributed by atoms with Crippen molar-refractivity contribution in [3.8, 4) is 11.8 Å². The lowest BCUT2D eigenvalue weighted by atomic mass is 9.97. The Kier molecular flexibility index (Phi) is 12.7. The van der Waals surface area contributed by atoms with Gasteiger partial charge in [0, 0.05) is 43.3 Å². The van der Waals surface area contributed by atoms with Gasteiger partial charge in [-0.15, -0.1) is 24.8 Å². The van der Waals surface area contributed by atoms with Crippen LogP contribution in [-0.4, -0.2) is 84.7 Å². The number of fused-ring (bicyclic) bond motifs is 1. The van der Waals surface area contributed by atoms with Crippen LogP contribution in [-0.2, 0) is 23.5 Å². The molecule has 13 heteroatoms. The van der Waals surface area contributed by atoms with E-state index in [9.17, 15) is 31.1 Å². The standard InChI is InChI=1S/C34H35F6N3O2.2ClH/c1-32(2)23-45-16-15-42(32)12-6-5-11-41-13-14-43(30(22-41)18-24-9-10-25-7-3-4-8-26(25)17-24)31(44)27-19-28(33(35,36)37)21-29(20-27)34(38,39)40;;/h3-4,7-10,17,19-21,30H,11-16,18,22-23H2,1-2H3;2*1H/t30-;;/m1../s1. The zero-order valence-electron chi connectivity index (χ0n) is 26.0. The molecule has 0 spiro atoms. The largest absolute Gasteiger partial charge is 0.416 e. The van der Waals surface area contributed by atoms with Gasteiger partial charge >= 0.3 is 12.4 Å². The van der Waals surface area contributed by atoms with Crippen molar-refractivity contribution in [2.24, 2.45) is 0 Å². The molecule has 0 aliphatic carbocycles. The van der Waals surface area contributed by atoms with E-state index in [1.807, 2.05) is 42.5 Å². The van der Waals surface area contributed by atoms with Crippen LogP contribution in [0.5, 0.6) is 0 Å². The Bertz CT molecular complexity index is 1570. The van der Waals surface area contributed by atoms with Crippen molar-refractivity contribution >= 4 is 41.5 Å². The van der Waals surface area contributed by atoms with Crippen LogP contribution in [0.2, 0.25) is 0 Å². The Labute approximate surface area is 283 Å². The number of piperazine rings is 1. The molecular formula is C34H37Cl2F6N3O2. The molecule has 5 rings (SSSR count). The summed E-state index contributed by atoms with van der Waals surface area (Å²) in [4.78, 5) is 19.4. The highest BCUT2D eigenvalue weighted by atomic mass is 35.5. The first-order chi connectivity index (χ1) is 21.2. The third-order valence-corrected chi connectivity index (χ3v) is 8.46. The molecule has 0 unspecified atom stereocenters. The lowest BCUT2D eigenvalue weighted by Gasteiger charge is -2.41. The molecule has 2 aliphatic rings. The average molecular weight is 705 g/mol. The lowest BCUT2D eigenvalue weighted by molar-refractivity contribution is -0.143. The Morgan fingerprint density at radius 1 is 0.851 bits per heavy atom. The summed E-state index contributed by atoms with van der Waals surface area (Å²) in [6, 6.07) is 14.2. The van der Waals surface area contributed by atoms with Crippen molar-refractivity contribution in [1.29, 1.82) is 0 Å². The number of benzene rings is 3. The number of ether oxygens (including phenoxy) is 1. The van der Waals surface area contributed by atoms with E-state index in [4.69, 9.17) is 4.74 Å². The summed E-state index contributed by atoms with van der Waals surface area (Å²) in [6.07, 6.45) is -9.73. The van der Waals surface area contributed by atoms with Crippen molar-refractivity contribution in [3.63, 3.8) is 0 Å². The number of amides is 1. The van der Waals surface area contributed by atoms with Gasteiger partial charge in [0.05, 0.1) is 37.4 Å². The van der Waals surface area contributed by atoms with Crippen molar-refractivity contribution in [3.05, 3.63) is 82.9 Å². The molecule has 2 aliphatic heterocycles. The summed E-state index contributed by atoms with van der Waals surface area (Å²) in [5.74, 6) is 5.58. The van der Waals surface area contributed by atoms with Gasteiger partial charge in [0.2, 0.25) is 0 Å². The summed E-state index contributed by atoms with van der Waals surface area (Å²) >= 11 is 0. The summed E-state index contributed by atoms with van der Waals surface area (Å²) < 4.78 is 87.0. The maximum atomic E-state index is 13.7. The minimum absolute atomic E-state index is 0. The number of hydrogen-bond acceptors (Lipinski definition) is 4. The molecule has 256 valence electrons. The fourth-order valence-electron chi connectivity index (χ4n) is 5.89. The Balaban J connectivity index is 0.00000300. The van der Waals surface area contributed by atoms with Crippen LogP contribution < -0.4 is 0 Å². The van der Waals surface area contributed by atoms with Crippen LogP contribution in [0.4, 0.5) is 26.3 Å². The maximum absolute atomic E-state index is 13.7. The number of halogens is 8. The normalized spacial score (nSPS) is 18.9. The minimum atomic E-state index is -5.05. The van der Waals surface area contributed by atoms with Gasteiger partial charge in [-0.25, -0.2) is 0 Å². The number of rotatable bonds is 5. The summed E-state index contributed by atoms with van der Waals surface area (Å²) in [5.41, 5.74) is -2.88. The van der Waals surface area contributed by atoms with Crippen molar-refractivity contribution in [1.82, 2.24) is 14.7 Å². The number of morpholine rings is 1. The van der Waals surface area contributed by atoms with E-state index in [0.717, 1.165) is 22.9 Å². The van der Waals surface area contributed by atoms with E-state index in [-0.39, 0.29) is 43.0 Å². The van der Waals surface area contributed by atoms with Crippen LogP contribution in [0.3, 0.4) is 0 Å². The monoisotopic (exact) mass is 703 g/mol. The molecule has 47 heavy (non-hydrogen) atoms. The first kappa shape index (κ1) is 38.4. The van der Waals surface area contributed by atoms with E-state index < -0.39 is 41.0 Å². The van der Waals surface area contributed by atoms with E-state index in [1.54, 1.807) is 0 Å². The second kappa shape index (κ2) is 15.5. The van der Waals surface area contributed by atoms with Gasteiger partial charge < -0.3 is 9.64 Å². The van der Waals surface area contributed by atoms with Gasteiger partial charge in [-0.05, 0) is 54.8 Å². The molecule has 1 amide bonds. The Morgan fingerprint density at radius 2 is 1.49 bits per heavy atom. The summed E-state index contributed by atoms with van der Waals surface area (Å²) in [7, 11) is 0. The molecule has 0 bridgehead atoms. The van der Waals surface area contributed by atoms with E-state index in [0.29, 0.717) is 57.9 Å². The van der Waals surface area contributed by atoms with Gasteiger partial charge in [0.1, 0.15) is 0 Å². The number of carbonyl (C=O) groups is 1. The second-order valence-electron chi connectivity index (χ2n) is 12.2. The molecule has 0 N–H and O–H groups in total. The van der Waals surface area contributed by atoms with Crippen LogP contribution in [0.25, 0.3) is 10.8 Å². The number of hydrogen-bond donors (Lipinski definition) is 0. The van der Waals surface area contributed by atoms with Crippen LogP contribution >= 0.6 is 24.8 Å². The average Bonchev–Trinajstić information content (AvgIpc) is 2.98. The topological polar surface area (TPSA) is 36.0 Å². The number of alkyl halides is 6. The molecule has 2 heterocycles. The van der Waals surface area contributed by atoms with Gasteiger partial charge in [0.15, 0.2) is 0 Å². The highest BCUT2D eigenvalue weighted by molar-refractivity contribution is 5.95. The molecule has 1 atom stereocenters. The molecule has 0 aromatic heterocycles. The number of carbonyl (C=O) groups excluding carboxylic acids is 1. The minimum Gasteiger partial charge on any atom is -0.378 e. The molecule has 3 aromatic carbocycles. The number of nitrogens with zero attached hydrogens (tertiary/aromatic N) is 3. The third kappa shape index (κ3) is 9.55. The zero-order valence-corrected chi connectivity index (χ0v) is 27.6. The third-order valence-electron chi connectivity index (χ3n) is 8.46. The van der Waals surface area contributed by atoms with Gasteiger partial charge in [-0.3, -0.25) is 14.6 Å². The Morgan fingerprint density at radius 3 is 2.13 bits per heavy atom.